The number of carbonyl (C=O) groups is 2. The van der Waals surface area contributed by atoms with Gasteiger partial charge in [-0.3, -0.25) is 14.5 Å². The van der Waals surface area contributed by atoms with Crippen molar-refractivity contribution in [1.82, 2.24) is 25.1 Å². The van der Waals surface area contributed by atoms with Crippen LogP contribution >= 0.6 is 34.2 Å². The summed E-state index contributed by atoms with van der Waals surface area (Å²) in [7, 11) is 0. The summed E-state index contributed by atoms with van der Waals surface area (Å²) in [4.78, 5) is 41.4. The average Bonchev–Trinajstić information content (AvgIpc) is 2.94. The molecule has 4 rings (SSSR count). The molecule has 1 aliphatic rings. The number of nitrogens with zero attached hydrogens (tertiary/aromatic N) is 5. The Hall–Kier alpha value is -3.49. The normalized spacial score (nSPS) is 14.2. The molecule has 11 nitrogen and oxygen atoms in total. The third-order valence-electron chi connectivity index (χ3n) is 6.09. The van der Waals surface area contributed by atoms with Crippen LogP contribution in [0, 0.1) is 3.57 Å². The first-order chi connectivity index (χ1) is 18.8. The summed E-state index contributed by atoms with van der Waals surface area (Å²) >= 11 is 8.47. The molecule has 39 heavy (non-hydrogen) atoms. The van der Waals surface area contributed by atoms with Gasteiger partial charge in [0.25, 0.3) is 5.91 Å². The van der Waals surface area contributed by atoms with E-state index in [-0.39, 0.29) is 34.3 Å². The molecule has 0 atom stereocenters. The number of rotatable bonds is 8. The molecule has 0 spiro atoms. The smallest absolute Gasteiger partial charge is 0.302 e. The molecule has 2 amide bonds. The van der Waals surface area contributed by atoms with E-state index in [0.717, 1.165) is 22.2 Å². The standard InChI is InChI=1S/C26H29ClIN9O2/c27-21-23(32-16-17-6-8-19(28)9-7-17)34-22(29)20(33-21)24(38)35-26(30)31-10-11-36-12-14-37(15-13-36)25(39)18-4-2-1-3-5-18/h1-9H,10-16H2,(H3,29,32,34)(H3,30,31,35,38). The number of benzene rings is 2. The number of anilines is 2. The van der Waals surface area contributed by atoms with Gasteiger partial charge >= 0.3 is 5.91 Å². The van der Waals surface area contributed by atoms with E-state index in [0.29, 0.717) is 38.3 Å². The maximum Gasteiger partial charge on any atom is 0.302 e. The van der Waals surface area contributed by atoms with Gasteiger partial charge in [-0.1, -0.05) is 41.9 Å². The quantitative estimate of drug-likeness (QED) is 0.162. The average molecular weight is 662 g/mol. The van der Waals surface area contributed by atoms with Crippen molar-refractivity contribution in [3.05, 3.63) is 80.1 Å². The molecule has 0 aliphatic carbocycles. The van der Waals surface area contributed by atoms with Gasteiger partial charge in [-0.05, 0) is 52.4 Å². The van der Waals surface area contributed by atoms with Crippen LogP contribution in [0.15, 0.2) is 59.6 Å². The molecule has 13 heteroatoms. The van der Waals surface area contributed by atoms with E-state index in [1.807, 2.05) is 59.5 Å². The van der Waals surface area contributed by atoms with E-state index in [2.05, 4.69) is 53.1 Å². The van der Waals surface area contributed by atoms with Crippen LogP contribution in [0.3, 0.4) is 0 Å². The van der Waals surface area contributed by atoms with E-state index in [1.54, 1.807) is 0 Å². The van der Waals surface area contributed by atoms with Gasteiger partial charge in [0, 0.05) is 54.9 Å². The highest BCUT2D eigenvalue weighted by molar-refractivity contribution is 14.1. The van der Waals surface area contributed by atoms with Gasteiger partial charge in [0.2, 0.25) is 0 Å². The number of halogens is 2. The molecular weight excluding hydrogens is 633 g/mol. The summed E-state index contributed by atoms with van der Waals surface area (Å²) in [6, 6.07) is 17.2. The summed E-state index contributed by atoms with van der Waals surface area (Å²) in [5, 5.41) is 6.01. The molecule has 0 bridgehead atoms. The predicted octanol–water partition coefficient (Wildman–Crippen LogP) is 2.43. The van der Waals surface area contributed by atoms with Gasteiger partial charge in [0.1, 0.15) is 0 Å². The van der Waals surface area contributed by atoms with Gasteiger partial charge in [-0.15, -0.1) is 0 Å². The SMILES string of the molecule is N/C(=N\C(=O)c1nc(Cl)c(NCc2ccc(I)cc2)nc1N)NCCN1CCN(C(=O)c2ccccc2)CC1. The molecule has 1 aromatic heterocycles. The van der Waals surface area contributed by atoms with Crippen LogP contribution in [0.2, 0.25) is 5.15 Å². The third kappa shape index (κ3) is 8.00. The number of nitrogen functional groups attached to an aromatic ring is 1. The number of nitrogens with one attached hydrogen (secondary N) is 2. The zero-order chi connectivity index (χ0) is 27.8. The highest BCUT2D eigenvalue weighted by Gasteiger charge is 2.22. The number of amides is 2. The van der Waals surface area contributed by atoms with E-state index in [4.69, 9.17) is 23.1 Å². The van der Waals surface area contributed by atoms with Crippen LogP contribution in [0.25, 0.3) is 0 Å². The fourth-order valence-corrected chi connectivity index (χ4v) is 4.52. The van der Waals surface area contributed by atoms with Crippen LogP contribution in [-0.2, 0) is 6.54 Å². The van der Waals surface area contributed by atoms with E-state index < -0.39 is 5.91 Å². The first kappa shape index (κ1) is 28.5. The van der Waals surface area contributed by atoms with Crippen LogP contribution in [-0.4, -0.2) is 76.8 Å². The van der Waals surface area contributed by atoms with Crippen molar-refractivity contribution >= 4 is 63.6 Å². The number of carbonyl (C=O) groups excluding carboxylic acids is 2. The lowest BCUT2D eigenvalue weighted by atomic mass is 10.2. The summed E-state index contributed by atoms with van der Waals surface area (Å²) in [6.45, 7) is 4.38. The van der Waals surface area contributed by atoms with Crippen molar-refractivity contribution in [2.75, 3.05) is 50.3 Å². The Morgan fingerprint density at radius 3 is 2.41 bits per heavy atom. The molecule has 6 N–H and O–H groups in total. The molecular formula is C26H29ClIN9O2. The van der Waals surface area contributed by atoms with Crippen LogP contribution in [0.1, 0.15) is 26.4 Å². The number of guanidine groups is 1. The fraction of sp³-hybridized carbons (Fsp3) is 0.269. The van der Waals surface area contributed by atoms with Crippen molar-refractivity contribution in [3.63, 3.8) is 0 Å². The Kier molecular flexibility index (Phi) is 9.90. The zero-order valence-corrected chi connectivity index (χ0v) is 24.0. The summed E-state index contributed by atoms with van der Waals surface area (Å²) < 4.78 is 1.13. The van der Waals surface area contributed by atoms with Gasteiger partial charge in [-0.25, -0.2) is 9.97 Å². The van der Waals surface area contributed by atoms with Crippen molar-refractivity contribution in [3.8, 4) is 0 Å². The first-order valence-corrected chi connectivity index (χ1v) is 13.8. The second-order valence-corrected chi connectivity index (χ2v) is 10.4. The van der Waals surface area contributed by atoms with Gasteiger partial charge in [0.15, 0.2) is 28.4 Å². The van der Waals surface area contributed by atoms with E-state index >= 15 is 0 Å². The summed E-state index contributed by atoms with van der Waals surface area (Å²) in [5.41, 5.74) is 13.4. The number of piperazine rings is 1. The molecule has 0 saturated carbocycles. The van der Waals surface area contributed by atoms with E-state index in [9.17, 15) is 9.59 Å². The molecule has 1 fully saturated rings. The molecule has 2 aromatic carbocycles. The Bertz CT molecular complexity index is 1330. The van der Waals surface area contributed by atoms with Crippen LogP contribution < -0.4 is 22.1 Å². The van der Waals surface area contributed by atoms with Crippen molar-refractivity contribution in [1.29, 1.82) is 0 Å². The topological polar surface area (TPSA) is 155 Å². The lowest BCUT2D eigenvalue weighted by Crippen LogP contribution is -2.50. The molecule has 3 aromatic rings. The molecule has 1 saturated heterocycles. The van der Waals surface area contributed by atoms with Gasteiger partial charge in [-0.2, -0.15) is 4.99 Å². The maximum atomic E-state index is 12.6. The Morgan fingerprint density at radius 1 is 1.03 bits per heavy atom. The summed E-state index contributed by atoms with van der Waals surface area (Å²) in [6.07, 6.45) is 0. The lowest BCUT2D eigenvalue weighted by molar-refractivity contribution is 0.0639. The fourth-order valence-electron chi connectivity index (χ4n) is 3.97. The van der Waals surface area contributed by atoms with Crippen molar-refractivity contribution in [2.45, 2.75) is 6.54 Å². The second-order valence-electron chi connectivity index (χ2n) is 8.81. The van der Waals surface area contributed by atoms with Crippen molar-refractivity contribution < 1.29 is 9.59 Å². The largest absolute Gasteiger partial charge is 0.382 e. The highest BCUT2D eigenvalue weighted by Crippen LogP contribution is 2.22. The highest BCUT2D eigenvalue weighted by atomic mass is 127. The minimum Gasteiger partial charge on any atom is -0.382 e. The molecule has 1 aliphatic heterocycles. The van der Waals surface area contributed by atoms with Crippen molar-refractivity contribution in [2.24, 2.45) is 10.7 Å². The summed E-state index contributed by atoms with van der Waals surface area (Å²) in [5.74, 6) is -0.598. The molecule has 204 valence electrons. The number of nitrogens with two attached hydrogens (primary N) is 2. The van der Waals surface area contributed by atoms with Crippen LogP contribution in [0.4, 0.5) is 11.6 Å². The molecule has 2 heterocycles. The van der Waals surface area contributed by atoms with Gasteiger partial charge in [0.05, 0.1) is 0 Å². The third-order valence-corrected chi connectivity index (χ3v) is 7.08. The zero-order valence-electron chi connectivity index (χ0n) is 21.1. The Balaban J connectivity index is 1.23. The number of hydrogen-bond acceptors (Lipinski definition) is 7. The number of aliphatic imine (C=N–C) groups is 1. The number of aromatic nitrogens is 2. The minimum atomic E-state index is -0.746. The second kappa shape index (κ2) is 13.5. The Labute approximate surface area is 245 Å². The molecule has 0 radical (unpaired) electrons. The van der Waals surface area contributed by atoms with E-state index in [1.165, 1.54) is 0 Å². The lowest BCUT2D eigenvalue weighted by Gasteiger charge is -2.34. The minimum absolute atomic E-state index is 0.00433. The Morgan fingerprint density at radius 2 is 1.72 bits per heavy atom. The predicted molar refractivity (Wildman–Crippen MR) is 161 cm³/mol. The first-order valence-electron chi connectivity index (χ1n) is 12.3. The molecule has 0 unspecified atom stereocenters. The monoisotopic (exact) mass is 661 g/mol. The maximum absolute atomic E-state index is 12.6. The van der Waals surface area contributed by atoms with Crippen LogP contribution in [0.5, 0.6) is 0 Å². The number of hydrogen-bond donors (Lipinski definition) is 4. The van der Waals surface area contributed by atoms with Gasteiger partial charge < -0.3 is 27.0 Å².